The van der Waals surface area contributed by atoms with Gasteiger partial charge in [-0.2, -0.15) is 0 Å². The zero-order chi connectivity index (χ0) is 4.50. The van der Waals surface area contributed by atoms with Crippen molar-refractivity contribution in [1.82, 2.24) is 0 Å². The molecule has 0 saturated carbocycles. The van der Waals surface area contributed by atoms with E-state index in [9.17, 15) is 2.73 Å². The van der Waals surface area contributed by atoms with Gasteiger partial charge in [0.05, 0.1) is 0 Å². The van der Waals surface area contributed by atoms with Crippen LogP contribution in [-0.2, 0) is 0.938 Å². The van der Waals surface area contributed by atoms with E-state index in [1.165, 1.54) is 0 Å². The first kappa shape index (κ1) is 11.0. The van der Waals surface area contributed by atoms with Gasteiger partial charge in [-0.3, -0.25) is 0 Å². The van der Waals surface area contributed by atoms with Gasteiger partial charge >= 0.3 is 39.6 Å². The number of halogens is 3. The molecule has 0 spiro atoms. The summed E-state index contributed by atoms with van der Waals surface area (Å²) in [6, 6.07) is 0. The molecule has 34 valence electrons. The van der Waals surface area contributed by atoms with Gasteiger partial charge in [-0.15, -0.1) is 0 Å². The van der Waals surface area contributed by atoms with Crippen LogP contribution in [0.15, 0.2) is 0 Å². The second-order valence-electron chi connectivity index (χ2n) is 0.446. The average molecular weight is 352 g/mol. The Morgan fingerprint density at radius 1 is 1.17 bits per heavy atom. The second kappa shape index (κ2) is 4.08. The van der Waals surface area contributed by atoms with Crippen LogP contribution in [0.4, 0.5) is 2.73 Å². The monoisotopic (exact) mass is 352 g/mol. The topological polar surface area (TPSA) is 17.1 Å². The molecule has 0 rings (SSSR count). The van der Waals surface area contributed by atoms with Crippen molar-refractivity contribution in [3.63, 3.8) is 0 Å². The van der Waals surface area contributed by atoms with Crippen molar-refractivity contribution in [3.8, 4) is 0 Å². The van der Waals surface area contributed by atoms with Gasteiger partial charge in [0.1, 0.15) is 0 Å². The van der Waals surface area contributed by atoms with Crippen molar-refractivity contribution in [1.29, 1.82) is 0 Å². The van der Waals surface area contributed by atoms with Crippen LogP contribution in [0.2, 0.25) is 0 Å². The average Bonchev–Trinajstić information content (AvgIpc) is 0.722. The third-order valence-corrected chi connectivity index (χ3v) is 0. The van der Waals surface area contributed by atoms with E-state index in [1.807, 2.05) is 0 Å². The van der Waals surface area contributed by atoms with E-state index in [0.29, 0.717) is 0 Å². The third kappa shape index (κ3) is 35.1. The van der Waals surface area contributed by atoms with Crippen molar-refractivity contribution < 1.29 is 75.2 Å². The van der Waals surface area contributed by atoms with Crippen LogP contribution in [0.1, 0.15) is 0 Å². The van der Waals surface area contributed by atoms with Gasteiger partial charge in [0.2, 0.25) is 0 Å². The first-order valence-corrected chi connectivity index (χ1v) is 5.61. The molecule has 0 atom stereocenters. The molecule has 0 aliphatic heterocycles. The molecule has 0 saturated heterocycles. The Labute approximate surface area is 73.3 Å². The molecule has 0 aromatic heterocycles. The fraction of sp³-hybridized carbons (Fsp3) is 0. The molecule has 0 aromatic carbocycles. The van der Waals surface area contributed by atoms with Gasteiger partial charge < -0.3 is 0 Å². The molecule has 6 heavy (non-hydrogen) atoms. The molecule has 0 aliphatic rings. The van der Waals surface area contributed by atoms with Crippen LogP contribution in [0.25, 0.3) is 0 Å². The van der Waals surface area contributed by atoms with Crippen molar-refractivity contribution in [2.45, 2.75) is 0 Å². The van der Waals surface area contributed by atoms with E-state index in [4.69, 9.17) is 0.938 Å². The summed E-state index contributed by atoms with van der Waals surface area (Å²) < 4.78 is 38.4. The van der Waals surface area contributed by atoms with Crippen LogP contribution in [-0.4, -0.2) is 0 Å². The fourth-order valence-corrected chi connectivity index (χ4v) is 0. The molecule has 1 radical (unpaired) electrons. The standard InChI is InChI=1S/Ce.3FH.La.O/h;3*1H;;/q+3;;;;;/p-3. The summed E-state index contributed by atoms with van der Waals surface area (Å²) in [6.07, 6.45) is 0. The van der Waals surface area contributed by atoms with Gasteiger partial charge in [-0.05, 0) is 0 Å². The van der Waals surface area contributed by atoms with Gasteiger partial charge in [0, 0.05) is 35.6 Å². The molecule has 0 bridgehead atoms. The molecule has 0 N–H and O–H groups in total. The van der Waals surface area contributed by atoms with Crippen molar-refractivity contribution >= 4 is 0 Å². The normalized spacial score (nSPS) is 9.83. The Bertz CT molecular complexity index is 56.9. The predicted molar refractivity (Wildman–Crippen MR) is 4.01 cm³/mol. The Morgan fingerprint density at radius 3 is 1.17 bits per heavy atom. The Hall–Kier alpha value is 2.16. The Morgan fingerprint density at radius 2 is 1.17 bits per heavy atom. The molecule has 0 aromatic rings. The SMILES string of the molecule is [La].[O]=[Ce]([F])([F])[F]. The summed E-state index contributed by atoms with van der Waals surface area (Å²) in [7, 11) is 0. The van der Waals surface area contributed by atoms with E-state index in [1.54, 1.807) is 0 Å². The summed E-state index contributed by atoms with van der Waals surface area (Å²) in [4.78, 5) is 0. The van der Waals surface area contributed by atoms with Crippen molar-refractivity contribution in [2.75, 3.05) is 0 Å². The van der Waals surface area contributed by atoms with Crippen LogP contribution in [0.5, 0.6) is 0 Å². The second-order valence-corrected chi connectivity index (χ2v) is 3.25. The van der Waals surface area contributed by atoms with Gasteiger partial charge in [0.15, 0.2) is 0 Å². The zero-order valence-corrected chi connectivity index (χ0v) is 9.39. The maximum absolute atomic E-state index is 10.0. The molecule has 0 unspecified atom stereocenters. The number of hydrogen-bond acceptors (Lipinski definition) is 1. The van der Waals surface area contributed by atoms with E-state index in [-0.39, 0.29) is 35.6 Å². The van der Waals surface area contributed by atoms with Crippen LogP contribution in [0, 0.1) is 71.6 Å². The minimum atomic E-state index is -7.03. The molecule has 0 fully saturated rings. The van der Waals surface area contributed by atoms with Crippen molar-refractivity contribution in [2.24, 2.45) is 0 Å². The van der Waals surface area contributed by atoms with Crippen LogP contribution >= 0.6 is 0 Å². The summed E-state index contributed by atoms with van der Waals surface area (Å²) >= 11 is -7.03. The number of rotatable bonds is 0. The summed E-state index contributed by atoms with van der Waals surface area (Å²) in [6.45, 7) is 0. The molecule has 0 aliphatic carbocycles. The molecule has 0 amide bonds. The van der Waals surface area contributed by atoms with Crippen molar-refractivity contribution in [3.05, 3.63) is 0 Å². The molecule has 6 heteroatoms. The summed E-state index contributed by atoms with van der Waals surface area (Å²) in [5, 5.41) is 0. The Kier molecular flexibility index (Phi) is 7.50. The molecular formula is CeF3LaO. The predicted octanol–water partition coefficient (Wildman–Crippen LogP) is 1.14. The maximum atomic E-state index is 10.0. The number of hydrogen-bond donors (Lipinski definition) is 0. The van der Waals surface area contributed by atoms with E-state index < -0.39 is 36.0 Å². The van der Waals surface area contributed by atoms with E-state index in [0.717, 1.165) is 0 Å². The minimum absolute atomic E-state index is 0. The van der Waals surface area contributed by atoms with E-state index in [2.05, 4.69) is 0 Å². The quantitative estimate of drug-likeness (QED) is 0.639. The molecule has 0 heterocycles. The first-order valence-electron chi connectivity index (χ1n) is 0.771. The zero-order valence-electron chi connectivity index (χ0n) is 2.62. The summed E-state index contributed by atoms with van der Waals surface area (Å²) in [5.74, 6) is 0. The fourth-order valence-electron chi connectivity index (χ4n) is 0. The third-order valence-electron chi connectivity index (χ3n) is 0. The van der Waals surface area contributed by atoms with Gasteiger partial charge in [-0.25, -0.2) is 0 Å². The van der Waals surface area contributed by atoms with Crippen LogP contribution in [0.3, 0.4) is 0 Å². The van der Waals surface area contributed by atoms with Gasteiger partial charge in [-0.1, -0.05) is 0 Å². The molecule has 1 nitrogen and oxygen atoms in total. The molecular weight excluding hydrogens is 352 g/mol. The first-order chi connectivity index (χ1) is 2.00. The Balaban J connectivity index is 0. The van der Waals surface area contributed by atoms with Gasteiger partial charge in [0.25, 0.3) is 0 Å². The van der Waals surface area contributed by atoms with E-state index >= 15 is 0 Å². The van der Waals surface area contributed by atoms with Crippen LogP contribution < -0.4 is 0 Å². The summed E-state index contributed by atoms with van der Waals surface area (Å²) in [5.41, 5.74) is 0.